The van der Waals surface area contributed by atoms with Crippen LogP contribution < -0.4 is 5.32 Å². The van der Waals surface area contributed by atoms with E-state index in [0.29, 0.717) is 13.2 Å². The van der Waals surface area contributed by atoms with Crippen LogP contribution in [0.25, 0.3) is 0 Å². The number of hydrogen-bond acceptors (Lipinski definition) is 5. The van der Waals surface area contributed by atoms with E-state index < -0.39 is 12.1 Å². The van der Waals surface area contributed by atoms with Crippen molar-refractivity contribution in [1.29, 1.82) is 0 Å². The molecule has 2 aliphatic heterocycles. The number of nitrogens with zero attached hydrogens (tertiary/aromatic N) is 1. The SMILES string of the molecule is Cc1ccccc1[C@@H]1[C@@H](C(=O)NC2CCOCC2)OCC(=O)N1C.O=CO. The lowest BCUT2D eigenvalue weighted by Crippen LogP contribution is -2.55. The first kappa shape index (κ1) is 20.9. The standard InChI is InChI=1S/C18H24N2O4.CH2O2/c1-12-5-3-4-6-14(12)16-17(24-11-15(21)20(16)2)18(22)19-13-7-9-23-10-8-13;2-1-3/h3-6,13,16-17H,7-11H2,1-2H3,(H,19,22);1H,(H,2,3)/t16-,17+;/m1./s1. The summed E-state index contributed by atoms with van der Waals surface area (Å²) in [4.78, 5) is 34.9. The highest BCUT2D eigenvalue weighted by molar-refractivity contribution is 5.86. The summed E-state index contributed by atoms with van der Waals surface area (Å²) in [6, 6.07) is 7.50. The summed E-state index contributed by atoms with van der Waals surface area (Å²) in [5, 5.41) is 9.95. The molecule has 148 valence electrons. The van der Waals surface area contributed by atoms with E-state index in [4.69, 9.17) is 19.4 Å². The van der Waals surface area contributed by atoms with Crippen molar-refractivity contribution in [2.75, 3.05) is 26.9 Å². The minimum atomic E-state index is -0.698. The van der Waals surface area contributed by atoms with Gasteiger partial charge in [0.05, 0.1) is 6.04 Å². The molecule has 2 atom stereocenters. The molecule has 1 aromatic carbocycles. The number of rotatable bonds is 3. The number of amides is 2. The largest absolute Gasteiger partial charge is 0.483 e. The normalized spacial score (nSPS) is 23.2. The lowest BCUT2D eigenvalue weighted by atomic mass is 9.93. The van der Waals surface area contributed by atoms with Gasteiger partial charge in [0, 0.05) is 26.3 Å². The maximum Gasteiger partial charge on any atom is 0.290 e. The van der Waals surface area contributed by atoms with Crippen molar-refractivity contribution >= 4 is 18.3 Å². The van der Waals surface area contributed by atoms with Crippen molar-refractivity contribution in [3.63, 3.8) is 0 Å². The van der Waals surface area contributed by atoms with Crippen molar-refractivity contribution < 1.29 is 29.0 Å². The molecular formula is C19H26N2O6. The number of likely N-dealkylation sites (N-methyl/N-ethyl adjacent to an activating group) is 1. The Kier molecular flexibility index (Phi) is 7.75. The van der Waals surface area contributed by atoms with Crippen LogP contribution in [0.3, 0.4) is 0 Å². The third-order valence-electron chi connectivity index (χ3n) is 4.82. The quantitative estimate of drug-likeness (QED) is 0.757. The fourth-order valence-corrected chi connectivity index (χ4v) is 3.35. The van der Waals surface area contributed by atoms with E-state index >= 15 is 0 Å². The first-order valence-corrected chi connectivity index (χ1v) is 8.88. The van der Waals surface area contributed by atoms with Gasteiger partial charge in [-0.15, -0.1) is 0 Å². The highest BCUT2D eigenvalue weighted by Gasteiger charge is 2.41. The Morgan fingerprint density at radius 2 is 1.93 bits per heavy atom. The van der Waals surface area contributed by atoms with Crippen LogP contribution in [-0.4, -0.2) is 67.3 Å². The fraction of sp³-hybridized carbons (Fsp3) is 0.526. The summed E-state index contributed by atoms with van der Waals surface area (Å²) < 4.78 is 11.0. The molecule has 3 rings (SSSR count). The zero-order chi connectivity index (χ0) is 19.8. The maximum atomic E-state index is 12.8. The predicted molar refractivity (Wildman–Crippen MR) is 97.1 cm³/mol. The molecule has 0 saturated carbocycles. The number of ether oxygens (including phenoxy) is 2. The lowest BCUT2D eigenvalue weighted by Gasteiger charge is -2.39. The molecule has 2 heterocycles. The van der Waals surface area contributed by atoms with Crippen LogP contribution in [0.4, 0.5) is 0 Å². The Balaban J connectivity index is 0.000000817. The molecule has 2 amide bonds. The minimum Gasteiger partial charge on any atom is -0.483 e. The molecule has 2 N–H and O–H groups in total. The number of benzene rings is 1. The van der Waals surface area contributed by atoms with Gasteiger partial charge < -0.3 is 24.8 Å². The molecule has 8 heteroatoms. The summed E-state index contributed by atoms with van der Waals surface area (Å²) >= 11 is 0. The number of aryl methyl sites for hydroxylation is 1. The van der Waals surface area contributed by atoms with E-state index in [0.717, 1.165) is 24.0 Å². The van der Waals surface area contributed by atoms with E-state index in [2.05, 4.69) is 5.32 Å². The molecule has 2 aliphatic rings. The van der Waals surface area contributed by atoms with Crippen LogP contribution in [0.2, 0.25) is 0 Å². The van der Waals surface area contributed by atoms with Gasteiger partial charge in [-0.3, -0.25) is 14.4 Å². The molecule has 0 radical (unpaired) electrons. The second-order valence-corrected chi connectivity index (χ2v) is 6.54. The van der Waals surface area contributed by atoms with Crippen molar-refractivity contribution in [2.45, 2.75) is 38.0 Å². The fourth-order valence-electron chi connectivity index (χ4n) is 3.35. The van der Waals surface area contributed by atoms with Crippen molar-refractivity contribution in [3.8, 4) is 0 Å². The minimum absolute atomic E-state index is 0.0647. The monoisotopic (exact) mass is 378 g/mol. The van der Waals surface area contributed by atoms with E-state index in [1.165, 1.54) is 0 Å². The average Bonchev–Trinajstić information content (AvgIpc) is 2.66. The number of nitrogens with one attached hydrogen (secondary N) is 1. The van der Waals surface area contributed by atoms with Gasteiger partial charge in [-0.25, -0.2) is 0 Å². The molecule has 0 unspecified atom stereocenters. The summed E-state index contributed by atoms with van der Waals surface area (Å²) in [5.74, 6) is -0.270. The Morgan fingerprint density at radius 3 is 2.56 bits per heavy atom. The first-order valence-electron chi connectivity index (χ1n) is 8.88. The zero-order valence-electron chi connectivity index (χ0n) is 15.6. The highest BCUT2D eigenvalue weighted by atomic mass is 16.5. The maximum absolute atomic E-state index is 12.8. The summed E-state index contributed by atoms with van der Waals surface area (Å²) in [7, 11) is 1.73. The van der Waals surface area contributed by atoms with Crippen LogP contribution >= 0.6 is 0 Å². The molecule has 0 spiro atoms. The molecule has 1 aromatic rings. The lowest BCUT2D eigenvalue weighted by molar-refractivity contribution is -0.162. The van der Waals surface area contributed by atoms with Crippen molar-refractivity contribution in [3.05, 3.63) is 35.4 Å². The Morgan fingerprint density at radius 1 is 1.30 bits per heavy atom. The summed E-state index contributed by atoms with van der Waals surface area (Å²) in [6.45, 7) is 2.99. The third kappa shape index (κ3) is 5.27. The molecule has 2 fully saturated rings. The van der Waals surface area contributed by atoms with Crippen LogP contribution in [0.5, 0.6) is 0 Å². The molecule has 27 heavy (non-hydrogen) atoms. The van der Waals surface area contributed by atoms with Gasteiger partial charge in [-0.1, -0.05) is 24.3 Å². The second-order valence-electron chi connectivity index (χ2n) is 6.54. The number of carbonyl (C=O) groups excluding carboxylic acids is 2. The molecule has 0 aliphatic carbocycles. The molecule has 8 nitrogen and oxygen atoms in total. The smallest absolute Gasteiger partial charge is 0.290 e. The topological polar surface area (TPSA) is 105 Å². The average molecular weight is 378 g/mol. The van der Waals surface area contributed by atoms with E-state index in [9.17, 15) is 9.59 Å². The number of morpholine rings is 1. The second kappa shape index (κ2) is 10.0. The van der Waals surface area contributed by atoms with Gasteiger partial charge in [0.2, 0.25) is 5.91 Å². The van der Waals surface area contributed by atoms with Crippen molar-refractivity contribution in [2.24, 2.45) is 0 Å². The van der Waals surface area contributed by atoms with Crippen LogP contribution in [-0.2, 0) is 23.9 Å². The number of hydrogen-bond donors (Lipinski definition) is 2. The molecule has 0 aromatic heterocycles. The first-order chi connectivity index (χ1) is 13.0. The summed E-state index contributed by atoms with van der Waals surface area (Å²) in [5.41, 5.74) is 1.98. The van der Waals surface area contributed by atoms with Gasteiger partial charge in [0.1, 0.15) is 6.61 Å². The van der Waals surface area contributed by atoms with Crippen molar-refractivity contribution in [1.82, 2.24) is 10.2 Å². The summed E-state index contributed by atoms with van der Waals surface area (Å²) in [6.07, 6.45) is 0.918. The van der Waals surface area contributed by atoms with Gasteiger partial charge in [-0.2, -0.15) is 0 Å². The van der Waals surface area contributed by atoms with Gasteiger partial charge in [-0.05, 0) is 30.9 Å². The van der Waals surface area contributed by atoms with Crippen LogP contribution in [0.1, 0.15) is 30.0 Å². The Bertz CT molecular complexity index is 659. The van der Waals surface area contributed by atoms with Gasteiger partial charge in [0.25, 0.3) is 12.4 Å². The van der Waals surface area contributed by atoms with Crippen LogP contribution in [0.15, 0.2) is 24.3 Å². The van der Waals surface area contributed by atoms with E-state index in [-0.39, 0.29) is 30.9 Å². The Labute approximate surface area is 158 Å². The van der Waals surface area contributed by atoms with E-state index in [1.54, 1.807) is 11.9 Å². The van der Waals surface area contributed by atoms with Crippen LogP contribution in [0, 0.1) is 6.92 Å². The molecular weight excluding hydrogens is 352 g/mol. The Hall–Kier alpha value is -2.45. The van der Waals surface area contributed by atoms with Gasteiger partial charge in [0.15, 0.2) is 6.10 Å². The number of carbonyl (C=O) groups is 3. The highest BCUT2D eigenvalue weighted by Crippen LogP contribution is 2.31. The zero-order valence-corrected chi connectivity index (χ0v) is 15.6. The van der Waals surface area contributed by atoms with Gasteiger partial charge >= 0.3 is 0 Å². The molecule has 2 saturated heterocycles. The third-order valence-corrected chi connectivity index (χ3v) is 4.82. The van der Waals surface area contributed by atoms with E-state index in [1.807, 2.05) is 31.2 Å². The molecule has 0 bridgehead atoms. The number of carboxylic acid groups (broad SMARTS) is 1. The predicted octanol–water partition coefficient (Wildman–Crippen LogP) is 0.889.